The van der Waals surface area contributed by atoms with E-state index in [1.54, 1.807) is 12.3 Å². The maximum absolute atomic E-state index is 13.5. The van der Waals surface area contributed by atoms with Crippen molar-refractivity contribution in [3.63, 3.8) is 0 Å². The number of likely N-dealkylation sites (tertiary alicyclic amines) is 1. The number of amides is 1. The molecule has 6 nitrogen and oxygen atoms in total. The molecule has 7 heteroatoms. The predicted molar refractivity (Wildman–Crippen MR) is 109 cm³/mol. The van der Waals surface area contributed by atoms with Crippen molar-refractivity contribution in [2.24, 2.45) is 0 Å². The lowest BCUT2D eigenvalue weighted by Gasteiger charge is -2.33. The minimum absolute atomic E-state index is 0.123. The molecule has 5 rings (SSSR count). The van der Waals surface area contributed by atoms with Gasteiger partial charge in [-0.05, 0) is 43.0 Å². The summed E-state index contributed by atoms with van der Waals surface area (Å²) in [7, 11) is 0. The van der Waals surface area contributed by atoms with Gasteiger partial charge in [-0.2, -0.15) is 5.10 Å². The third kappa shape index (κ3) is 3.47. The molecule has 1 aliphatic rings. The van der Waals surface area contributed by atoms with E-state index in [0.717, 1.165) is 35.7 Å². The number of carbonyl (C=O) groups is 1. The SMILES string of the molecule is O=C(c1n[nH]c2ccccc12)N1CCCC[C@@H]1c1ncc(Cc2cccc(F)c2)o1. The Morgan fingerprint density at radius 1 is 1.20 bits per heavy atom. The molecule has 0 radical (unpaired) electrons. The van der Waals surface area contributed by atoms with Crippen LogP contribution < -0.4 is 0 Å². The third-order valence-corrected chi connectivity index (χ3v) is 5.56. The predicted octanol–water partition coefficient (Wildman–Crippen LogP) is 4.65. The van der Waals surface area contributed by atoms with E-state index in [2.05, 4.69) is 15.2 Å². The van der Waals surface area contributed by atoms with Gasteiger partial charge in [0.1, 0.15) is 17.6 Å². The number of benzene rings is 2. The van der Waals surface area contributed by atoms with E-state index in [-0.39, 0.29) is 17.8 Å². The maximum Gasteiger partial charge on any atom is 0.275 e. The Balaban J connectivity index is 1.40. The monoisotopic (exact) mass is 404 g/mol. The zero-order valence-corrected chi connectivity index (χ0v) is 16.3. The van der Waals surface area contributed by atoms with Gasteiger partial charge in [-0.3, -0.25) is 9.89 Å². The minimum Gasteiger partial charge on any atom is -0.443 e. The number of hydrogen-bond donors (Lipinski definition) is 1. The summed E-state index contributed by atoms with van der Waals surface area (Å²) < 4.78 is 19.4. The summed E-state index contributed by atoms with van der Waals surface area (Å²) in [4.78, 5) is 19.6. The minimum atomic E-state index is -0.275. The molecular formula is C23H21FN4O2. The summed E-state index contributed by atoms with van der Waals surface area (Å²) in [6.07, 6.45) is 4.84. The van der Waals surface area contributed by atoms with Gasteiger partial charge in [0, 0.05) is 18.4 Å². The van der Waals surface area contributed by atoms with Crippen LogP contribution in [0.25, 0.3) is 10.9 Å². The number of fused-ring (bicyclic) bond motifs is 1. The summed E-state index contributed by atoms with van der Waals surface area (Å²) in [6, 6.07) is 13.8. The number of H-pyrrole nitrogens is 1. The molecule has 0 saturated carbocycles. The average molecular weight is 404 g/mol. The number of halogens is 1. The molecular weight excluding hydrogens is 383 g/mol. The second kappa shape index (κ2) is 7.74. The molecule has 0 aliphatic carbocycles. The van der Waals surface area contributed by atoms with E-state index in [4.69, 9.17) is 4.42 Å². The molecule has 2 aromatic heterocycles. The van der Waals surface area contributed by atoms with Crippen LogP contribution in [0.1, 0.15) is 53.0 Å². The number of para-hydroxylation sites is 1. The van der Waals surface area contributed by atoms with Crippen molar-refractivity contribution in [1.82, 2.24) is 20.1 Å². The lowest BCUT2D eigenvalue weighted by atomic mass is 10.0. The molecule has 3 heterocycles. The van der Waals surface area contributed by atoms with Gasteiger partial charge in [0.25, 0.3) is 5.91 Å². The fourth-order valence-corrected chi connectivity index (χ4v) is 4.10. The van der Waals surface area contributed by atoms with Crippen LogP contribution in [0.4, 0.5) is 4.39 Å². The highest BCUT2D eigenvalue weighted by atomic mass is 19.1. The molecule has 1 aliphatic heterocycles. The molecule has 1 atom stereocenters. The highest BCUT2D eigenvalue weighted by Gasteiger charge is 2.33. The number of piperidine rings is 1. The number of nitrogens with zero attached hydrogens (tertiary/aromatic N) is 3. The first kappa shape index (κ1) is 18.5. The number of rotatable bonds is 4. The van der Waals surface area contributed by atoms with E-state index in [1.807, 2.05) is 35.2 Å². The van der Waals surface area contributed by atoms with Crippen LogP contribution in [0, 0.1) is 5.82 Å². The standard InChI is InChI=1S/C23H21FN4O2/c24-16-7-5-6-15(12-16)13-17-14-25-22(30-17)20-10-3-4-11-28(20)23(29)21-18-8-1-2-9-19(18)26-27-21/h1-2,5-9,12,14,20H,3-4,10-11,13H2,(H,26,27)/t20-/m1/s1. The second-order valence-corrected chi connectivity index (χ2v) is 7.60. The maximum atomic E-state index is 13.5. The number of oxazole rings is 1. The second-order valence-electron chi connectivity index (χ2n) is 7.60. The summed E-state index contributed by atoms with van der Waals surface area (Å²) in [5.41, 5.74) is 2.07. The first-order chi connectivity index (χ1) is 14.7. The van der Waals surface area contributed by atoms with Gasteiger partial charge in [0.2, 0.25) is 5.89 Å². The Morgan fingerprint density at radius 2 is 2.10 bits per heavy atom. The van der Waals surface area contributed by atoms with Crippen LogP contribution in [-0.4, -0.2) is 32.5 Å². The molecule has 0 unspecified atom stereocenters. The molecule has 2 aromatic carbocycles. The quantitative estimate of drug-likeness (QED) is 0.537. The molecule has 1 fully saturated rings. The van der Waals surface area contributed by atoms with Gasteiger partial charge in [-0.1, -0.05) is 30.3 Å². The van der Waals surface area contributed by atoms with Crippen molar-refractivity contribution >= 4 is 16.8 Å². The molecule has 4 aromatic rings. The zero-order valence-electron chi connectivity index (χ0n) is 16.3. The normalized spacial score (nSPS) is 16.8. The van der Waals surface area contributed by atoms with E-state index in [0.29, 0.717) is 30.3 Å². The van der Waals surface area contributed by atoms with Crippen LogP contribution in [0.3, 0.4) is 0 Å². The third-order valence-electron chi connectivity index (χ3n) is 5.56. The number of hydrogen-bond acceptors (Lipinski definition) is 4. The molecule has 1 N–H and O–H groups in total. The Kier molecular flexibility index (Phi) is 4.78. The molecule has 30 heavy (non-hydrogen) atoms. The topological polar surface area (TPSA) is 75.0 Å². The van der Waals surface area contributed by atoms with Crippen LogP contribution >= 0.6 is 0 Å². The highest BCUT2D eigenvalue weighted by molar-refractivity contribution is 6.04. The number of carbonyl (C=O) groups excluding carboxylic acids is 1. The zero-order chi connectivity index (χ0) is 20.5. The molecule has 0 spiro atoms. The lowest BCUT2D eigenvalue weighted by Crippen LogP contribution is -2.39. The van der Waals surface area contributed by atoms with E-state index >= 15 is 0 Å². The smallest absolute Gasteiger partial charge is 0.275 e. The fourth-order valence-electron chi connectivity index (χ4n) is 4.10. The van der Waals surface area contributed by atoms with Gasteiger partial charge >= 0.3 is 0 Å². The van der Waals surface area contributed by atoms with Crippen molar-refractivity contribution in [3.05, 3.63) is 83.5 Å². The van der Waals surface area contributed by atoms with Crippen molar-refractivity contribution in [1.29, 1.82) is 0 Å². The lowest BCUT2D eigenvalue weighted by molar-refractivity contribution is 0.0566. The van der Waals surface area contributed by atoms with Crippen LogP contribution in [0.2, 0.25) is 0 Å². The molecule has 1 saturated heterocycles. The Labute approximate surface area is 172 Å². The molecule has 1 amide bonds. The van der Waals surface area contributed by atoms with Crippen molar-refractivity contribution in [2.45, 2.75) is 31.7 Å². The number of nitrogens with one attached hydrogen (secondary N) is 1. The summed E-state index contributed by atoms with van der Waals surface area (Å²) >= 11 is 0. The number of aromatic nitrogens is 3. The van der Waals surface area contributed by atoms with Gasteiger partial charge in [-0.25, -0.2) is 9.37 Å². The van der Waals surface area contributed by atoms with Crippen LogP contribution in [-0.2, 0) is 6.42 Å². The van der Waals surface area contributed by atoms with Gasteiger partial charge in [0.05, 0.1) is 11.7 Å². The Hall–Kier alpha value is -3.48. The van der Waals surface area contributed by atoms with Gasteiger partial charge in [0.15, 0.2) is 5.69 Å². The summed E-state index contributed by atoms with van der Waals surface area (Å²) in [5, 5.41) is 8.01. The molecule has 152 valence electrons. The van der Waals surface area contributed by atoms with Crippen molar-refractivity contribution in [2.75, 3.05) is 6.54 Å². The largest absolute Gasteiger partial charge is 0.443 e. The summed E-state index contributed by atoms with van der Waals surface area (Å²) in [5.74, 6) is 0.776. The Morgan fingerprint density at radius 3 is 3.00 bits per heavy atom. The Bertz CT molecular complexity index is 1200. The average Bonchev–Trinajstić information content (AvgIpc) is 3.40. The summed E-state index contributed by atoms with van der Waals surface area (Å²) in [6.45, 7) is 0.631. The first-order valence-electron chi connectivity index (χ1n) is 10.1. The van der Waals surface area contributed by atoms with Crippen molar-refractivity contribution in [3.8, 4) is 0 Å². The van der Waals surface area contributed by atoms with E-state index in [9.17, 15) is 9.18 Å². The van der Waals surface area contributed by atoms with Gasteiger partial charge in [-0.15, -0.1) is 0 Å². The van der Waals surface area contributed by atoms with E-state index < -0.39 is 0 Å². The first-order valence-corrected chi connectivity index (χ1v) is 10.1. The van der Waals surface area contributed by atoms with Crippen molar-refractivity contribution < 1.29 is 13.6 Å². The highest BCUT2D eigenvalue weighted by Crippen LogP contribution is 2.33. The molecule has 0 bridgehead atoms. The van der Waals surface area contributed by atoms with Gasteiger partial charge < -0.3 is 9.32 Å². The van der Waals surface area contributed by atoms with E-state index in [1.165, 1.54) is 12.1 Å². The number of aromatic amines is 1. The fraction of sp³-hybridized carbons (Fsp3) is 0.261. The van der Waals surface area contributed by atoms with Crippen LogP contribution in [0.5, 0.6) is 0 Å². The van der Waals surface area contributed by atoms with Crippen LogP contribution in [0.15, 0.2) is 59.1 Å².